The molecule has 6 heteroatoms. The minimum absolute atomic E-state index is 0.166. The molecule has 0 bridgehead atoms. The van der Waals surface area contributed by atoms with Gasteiger partial charge in [-0.05, 0) is 18.1 Å². The highest BCUT2D eigenvalue weighted by Crippen LogP contribution is 2.37. The topological polar surface area (TPSA) is 38.9 Å². The number of hydrogen-bond acceptors (Lipinski definition) is 3. The van der Waals surface area contributed by atoms with Crippen molar-refractivity contribution in [3.63, 3.8) is 0 Å². The average molecular weight is 286 g/mol. The van der Waals surface area contributed by atoms with E-state index in [4.69, 9.17) is 5.73 Å². The van der Waals surface area contributed by atoms with E-state index >= 15 is 0 Å². The van der Waals surface area contributed by atoms with Gasteiger partial charge in [-0.2, -0.15) is 13.2 Å². The molecular weight excluding hydrogens is 273 g/mol. The number of nitrogens with zero attached hydrogens (tertiary/aromatic N) is 1. The van der Waals surface area contributed by atoms with Crippen molar-refractivity contribution in [3.05, 3.63) is 34.7 Å². The van der Waals surface area contributed by atoms with E-state index in [1.807, 2.05) is 13.8 Å². The Morgan fingerprint density at radius 1 is 1.26 bits per heavy atom. The lowest BCUT2D eigenvalue weighted by Crippen LogP contribution is -2.04. The molecule has 0 unspecified atom stereocenters. The van der Waals surface area contributed by atoms with Crippen LogP contribution in [0.3, 0.4) is 0 Å². The lowest BCUT2D eigenvalue weighted by Gasteiger charge is -2.09. The molecule has 0 atom stereocenters. The van der Waals surface area contributed by atoms with Crippen LogP contribution in [-0.2, 0) is 6.18 Å². The first kappa shape index (κ1) is 13.9. The number of rotatable bonds is 2. The molecule has 1 aromatic carbocycles. The van der Waals surface area contributed by atoms with Crippen molar-refractivity contribution in [2.45, 2.75) is 25.9 Å². The molecule has 1 aromatic heterocycles. The second kappa shape index (κ2) is 4.85. The Hall–Kier alpha value is -1.56. The number of alkyl halides is 3. The zero-order valence-corrected chi connectivity index (χ0v) is 11.3. The van der Waals surface area contributed by atoms with Gasteiger partial charge in [0, 0.05) is 10.4 Å². The van der Waals surface area contributed by atoms with Crippen LogP contribution in [0, 0.1) is 0 Å². The summed E-state index contributed by atoms with van der Waals surface area (Å²) in [4.78, 5) is 5.05. The van der Waals surface area contributed by atoms with Gasteiger partial charge in [0.1, 0.15) is 0 Å². The van der Waals surface area contributed by atoms with Gasteiger partial charge in [0.25, 0.3) is 0 Å². The van der Waals surface area contributed by atoms with Gasteiger partial charge in [-0.1, -0.05) is 26.0 Å². The molecule has 0 saturated carbocycles. The number of thiazole rings is 1. The van der Waals surface area contributed by atoms with E-state index in [0.29, 0.717) is 16.4 Å². The van der Waals surface area contributed by atoms with E-state index in [-0.39, 0.29) is 5.92 Å². The second-order valence-electron chi connectivity index (χ2n) is 4.50. The Morgan fingerprint density at radius 3 is 2.53 bits per heavy atom. The van der Waals surface area contributed by atoms with Crippen molar-refractivity contribution in [2.75, 3.05) is 5.73 Å². The summed E-state index contributed by atoms with van der Waals surface area (Å²) in [6.45, 7) is 3.92. The zero-order chi connectivity index (χ0) is 14.2. The summed E-state index contributed by atoms with van der Waals surface area (Å²) in [5.41, 5.74) is 5.98. The van der Waals surface area contributed by atoms with E-state index < -0.39 is 11.7 Å². The summed E-state index contributed by atoms with van der Waals surface area (Å²) in [6, 6.07) is 5.17. The van der Waals surface area contributed by atoms with Crippen LogP contribution in [0.5, 0.6) is 0 Å². The molecule has 2 nitrogen and oxygen atoms in total. The van der Waals surface area contributed by atoms with Crippen molar-refractivity contribution >= 4 is 16.5 Å². The molecule has 0 amide bonds. The number of nitrogen functional groups attached to an aromatic ring is 1. The van der Waals surface area contributed by atoms with Crippen molar-refractivity contribution in [1.82, 2.24) is 4.98 Å². The molecular formula is C13H13F3N2S. The van der Waals surface area contributed by atoms with Gasteiger partial charge in [-0.15, -0.1) is 11.3 Å². The fourth-order valence-corrected chi connectivity index (χ4v) is 2.65. The molecule has 0 aliphatic carbocycles. The minimum Gasteiger partial charge on any atom is -0.375 e. The van der Waals surface area contributed by atoms with E-state index in [1.54, 1.807) is 6.07 Å². The number of nitrogens with two attached hydrogens (primary N) is 1. The molecule has 102 valence electrons. The Labute approximate surface area is 113 Å². The van der Waals surface area contributed by atoms with Crippen LogP contribution in [-0.4, -0.2) is 4.98 Å². The highest BCUT2D eigenvalue weighted by Gasteiger charge is 2.30. The average Bonchev–Trinajstić information content (AvgIpc) is 2.71. The Kier molecular flexibility index (Phi) is 3.54. The predicted molar refractivity (Wildman–Crippen MR) is 71.1 cm³/mol. The highest BCUT2D eigenvalue weighted by molar-refractivity contribution is 7.15. The van der Waals surface area contributed by atoms with Crippen LogP contribution in [0.1, 0.15) is 30.2 Å². The van der Waals surface area contributed by atoms with Gasteiger partial charge in [-0.25, -0.2) is 4.98 Å². The fourth-order valence-electron chi connectivity index (χ4n) is 1.79. The number of benzene rings is 1. The Balaban J connectivity index is 2.54. The van der Waals surface area contributed by atoms with Crippen LogP contribution in [0.15, 0.2) is 24.3 Å². The summed E-state index contributed by atoms with van der Waals surface area (Å²) < 4.78 is 38.1. The van der Waals surface area contributed by atoms with Gasteiger partial charge >= 0.3 is 6.18 Å². The van der Waals surface area contributed by atoms with Gasteiger partial charge in [0.15, 0.2) is 5.13 Å². The van der Waals surface area contributed by atoms with Crippen molar-refractivity contribution < 1.29 is 13.2 Å². The quantitative estimate of drug-likeness (QED) is 0.880. The summed E-state index contributed by atoms with van der Waals surface area (Å²) in [7, 11) is 0. The normalized spacial score (nSPS) is 12.1. The summed E-state index contributed by atoms with van der Waals surface area (Å²) in [5.74, 6) is 0.166. The molecule has 0 radical (unpaired) electrons. The smallest absolute Gasteiger partial charge is 0.375 e. The summed E-state index contributed by atoms with van der Waals surface area (Å²) in [6.07, 6.45) is -4.35. The molecule has 1 heterocycles. The predicted octanol–water partition coefficient (Wildman–Crippen LogP) is 4.53. The molecule has 0 aliphatic heterocycles. The lowest BCUT2D eigenvalue weighted by atomic mass is 10.0. The van der Waals surface area contributed by atoms with E-state index in [1.165, 1.54) is 17.4 Å². The maximum atomic E-state index is 12.7. The summed E-state index contributed by atoms with van der Waals surface area (Å²) in [5, 5.41) is 0.371. The Morgan fingerprint density at radius 2 is 1.95 bits per heavy atom. The standard InChI is InChI=1S/C13H13F3N2S/c1-7(2)11-10(18-12(17)19-11)8-4-3-5-9(6-8)13(14,15)16/h3-7H,1-2H3,(H2,17,18). The molecule has 2 rings (SSSR count). The second-order valence-corrected chi connectivity index (χ2v) is 5.56. The van der Waals surface area contributed by atoms with Crippen LogP contribution >= 0.6 is 11.3 Å². The maximum absolute atomic E-state index is 12.7. The zero-order valence-electron chi connectivity index (χ0n) is 10.5. The first-order valence-electron chi connectivity index (χ1n) is 5.73. The van der Waals surface area contributed by atoms with Crippen molar-refractivity contribution in [1.29, 1.82) is 0 Å². The lowest BCUT2D eigenvalue weighted by molar-refractivity contribution is -0.137. The molecule has 2 N–H and O–H groups in total. The van der Waals surface area contributed by atoms with Gasteiger partial charge in [0.2, 0.25) is 0 Å². The molecule has 19 heavy (non-hydrogen) atoms. The van der Waals surface area contributed by atoms with Gasteiger partial charge in [-0.3, -0.25) is 0 Å². The Bertz CT molecular complexity index is 588. The molecule has 0 fully saturated rings. The van der Waals surface area contributed by atoms with Crippen LogP contribution < -0.4 is 5.73 Å². The van der Waals surface area contributed by atoms with E-state index in [0.717, 1.165) is 17.0 Å². The van der Waals surface area contributed by atoms with Crippen molar-refractivity contribution in [3.8, 4) is 11.3 Å². The monoisotopic (exact) mass is 286 g/mol. The van der Waals surface area contributed by atoms with Crippen LogP contribution in [0.25, 0.3) is 11.3 Å². The van der Waals surface area contributed by atoms with E-state index in [9.17, 15) is 13.2 Å². The third kappa shape index (κ3) is 2.89. The first-order chi connectivity index (χ1) is 8.79. The van der Waals surface area contributed by atoms with Crippen LogP contribution in [0.4, 0.5) is 18.3 Å². The molecule has 2 aromatic rings. The van der Waals surface area contributed by atoms with Gasteiger partial charge < -0.3 is 5.73 Å². The molecule has 0 spiro atoms. The fraction of sp³-hybridized carbons (Fsp3) is 0.308. The van der Waals surface area contributed by atoms with Crippen LogP contribution in [0.2, 0.25) is 0 Å². The minimum atomic E-state index is -4.35. The highest BCUT2D eigenvalue weighted by atomic mass is 32.1. The SMILES string of the molecule is CC(C)c1sc(N)nc1-c1cccc(C(F)(F)F)c1. The number of anilines is 1. The number of aromatic nitrogens is 1. The first-order valence-corrected chi connectivity index (χ1v) is 6.54. The third-order valence-corrected chi connectivity index (χ3v) is 3.84. The van der Waals surface area contributed by atoms with Crippen molar-refractivity contribution in [2.24, 2.45) is 0 Å². The summed E-state index contributed by atoms with van der Waals surface area (Å²) >= 11 is 1.32. The molecule has 0 aliphatic rings. The third-order valence-electron chi connectivity index (χ3n) is 2.66. The maximum Gasteiger partial charge on any atom is 0.416 e. The largest absolute Gasteiger partial charge is 0.416 e. The number of halogens is 3. The number of hydrogen-bond donors (Lipinski definition) is 1. The van der Waals surface area contributed by atoms with E-state index in [2.05, 4.69) is 4.98 Å². The van der Waals surface area contributed by atoms with Gasteiger partial charge in [0.05, 0.1) is 11.3 Å². The molecule has 0 saturated heterocycles.